The van der Waals surface area contributed by atoms with E-state index in [1.54, 1.807) is 6.07 Å². The maximum atomic E-state index is 12.0. The van der Waals surface area contributed by atoms with E-state index in [0.717, 1.165) is 42.4 Å². The van der Waals surface area contributed by atoms with Crippen LogP contribution in [0.4, 0.5) is 22.2 Å². The minimum absolute atomic E-state index is 0.00658. The summed E-state index contributed by atoms with van der Waals surface area (Å²) < 4.78 is 0.672. The van der Waals surface area contributed by atoms with E-state index < -0.39 is 22.7 Å². The maximum Gasteiger partial charge on any atom is 0.333 e. The number of carbonyl (C=O) groups excluding carboxylic acids is 3. The Morgan fingerprint density at radius 1 is 1.05 bits per heavy atom. The summed E-state index contributed by atoms with van der Waals surface area (Å²) in [7, 11) is 0. The number of amides is 2. The van der Waals surface area contributed by atoms with E-state index in [4.69, 9.17) is 4.84 Å². The molecule has 1 aliphatic heterocycles. The number of carbonyl (C=O) groups is 3. The fourth-order valence-corrected chi connectivity index (χ4v) is 5.61. The van der Waals surface area contributed by atoms with Crippen LogP contribution in [0.5, 0.6) is 0 Å². The van der Waals surface area contributed by atoms with Gasteiger partial charge in [0.25, 0.3) is 17.5 Å². The third-order valence-electron chi connectivity index (χ3n) is 6.92. The molecule has 2 heterocycles. The van der Waals surface area contributed by atoms with Gasteiger partial charge in [0.05, 0.1) is 20.8 Å². The van der Waals surface area contributed by atoms with Gasteiger partial charge in [-0.3, -0.25) is 19.7 Å². The molecule has 4 aromatic rings. The van der Waals surface area contributed by atoms with E-state index in [1.807, 2.05) is 36.4 Å². The lowest BCUT2D eigenvalue weighted by Gasteiger charge is -2.25. The predicted molar refractivity (Wildman–Crippen MR) is 158 cm³/mol. The normalized spacial score (nSPS) is 13.5. The Balaban J connectivity index is 1.22. The lowest BCUT2D eigenvalue weighted by atomic mass is 10.1. The quantitative estimate of drug-likeness (QED) is 0.0579. The number of nitro benzene ring substituents is 1. The number of azo groups is 1. The van der Waals surface area contributed by atoms with Gasteiger partial charge >= 0.3 is 5.97 Å². The van der Waals surface area contributed by atoms with Gasteiger partial charge in [0.15, 0.2) is 0 Å². The zero-order valence-corrected chi connectivity index (χ0v) is 23.7. The number of benzene rings is 3. The van der Waals surface area contributed by atoms with Gasteiger partial charge in [0.2, 0.25) is 5.13 Å². The van der Waals surface area contributed by atoms with Crippen LogP contribution in [0.3, 0.4) is 0 Å². The Morgan fingerprint density at radius 3 is 2.55 bits per heavy atom. The summed E-state index contributed by atoms with van der Waals surface area (Å²) in [6.45, 7) is 3.64. The highest BCUT2D eigenvalue weighted by atomic mass is 32.1. The molecule has 42 heavy (non-hydrogen) atoms. The minimum Gasteiger partial charge on any atom is -0.371 e. The second-order valence-electron chi connectivity index (χ2n) is 9.69. The number of hydrogen-bond acceptors (Lipinski definition) is 11. The van der Waals surface area contributed by atoms with Gasteiger partial charge < -0.3 is 9.74 Å². The molecule has 216 valence electrons. The molecule has 0 N–H and O–H groups in total. The van der Waals surface area contributed by atoms with Crippen molar-refractivity contribution in [1.82, 2.24) is 10.0 Å². The number of unbranched alkanes of at least 4 members (excludes halogenated alkanes) is 2. The summed E-state index contributed by atoms with van der Waals surface area (Å²) in [6.07, 6.45) is 2.50. The molecule has 2 amide bonds. The van der Waals surface area contributed by atoms with Crippen molar-refractivity contribution in [1.29, 1.82) is 0 Å². The molecule has 1 aliphatic rings. The first-order valence-electron chi connectivity index (χ1n) is 13.6. The average Bonchev–Trinajstić information content (AvgIpc) is 3.55. The Bertz CT molecular complexity index is 1690. The number of fused-ring (bicyclic) bond motifs is 2. The number of rotatable bonds is 12. The van der Waals surface area contributed by atoms with E-state index in [9.17, 15) is 24.5 Å². The molecule has 1 aromatic heterocycles. The molecule has 0 bridgehead atoms. The van der Waals surface area contributed by atoms with Gasteiger partial charge in [-0.15, -0.1) is 15.3 Å². The minimum atomic E-state index is -0.575. The van der Waals surface area contributed by atoms with Crippen LogP contribution in [0.1, 0.15) is 45.4 Å². The van der Waals surface area contributed by atoms with Crippen LogP contribution < -0.4 is 4.90 Å². The van der Waals surface area contributed by atoms with Crippen LogP contribution in [0.15, 0.2) is 64.8 Å². The van der Waals surface area contributed by atoms with E-state index in [2.05, 4.69) is 27.0 Å². The zero-order chi connectivity index (χ0) is 29.6. The fraction of sp³-hybridized carbons (Fsp3) is 0.310. The van der Waals surface area contributed by atoms with Crippen molar-refractivity contribution in [2.75, 3.05) is 18.0 Å². The molecule has 3 aromatic carbocycles. The van der Waals surface area contributed by atoms with Crippen LogP contribution in [0.25, 0.3) is 21.0 Å². The van der Waals surface area contributed by atoms with E-state index in [-0.39, 0.29) is 24.9 Å². The van der Waals surface area contributed by atoms with Gasteiger partial charge in [-0.1, -0.05) is 42.0 Å². The van der Waals surface area contributed by atoms with Crippen molar-refractivity contribution in [2.24, 2.45) is 10.2 Å². The molecule has 0 saturated carbocycles. The number of thiazole rings is 1. The molecule has 0 spiro atoms. The van der Waals surface area contributed by atoms with Crippen molar-refractivity contribution >= 4 is 72.3 Å². The molecule has 0 unspecified atom stereocenters. The lowest BCUT2D eigenvalue weighted by molar-refractivity contribution is -0.384. The highest BCUT2D eigenvalue weighted by molar-refractivity contribution is 7.21. The second kappa shape index (κ2) is 12.8. The molecular weight excluding hydrogens is 560 g/mol. The molecule has 1 saturated heterocycles. The monoisotopic (exact) mass is 588 g/mol. The lowest BCUT2D eigenvalue weighted by Crippen LogP contribution is -2.31. The van der Waals surface area contributed by atoms with Crippen molar-refractivity contribution in [2.45, 2.75) is 45.4 Å². The van der Waals surface area contributed by atoms with Crippen molar-refractivity contribution < 1.29 is 24.1 Å². The number of nitro groups is 1. The van der Waals surface area contributed by atoms with E-state index >= 15 is 0 Å². The summed E-state index contributed by atoms with van der Waals surface area (Å²) in [6, 6.07) is 16.4. The molecule has 0 radical (unpaired) electrons. The fourth-order valence-electron chi connectivity index (χ4n) is 4.79. The van der Waals surface area contributed by atoms with Gasteiger partial charge in [0.1, 0.15) is 0 Å². The van der Waals surface area contributed by atoms with Crippen LogP contribution in [0, 0.1) is 10.1 Å². The number of aromatic nitrogens is 1. The molecule has 5 rings (SSSR count). The molecule has 0 aliphatic carbocycles. The Hall–Kier alpha value is -4.78. The Labute approximate surface area is 244 Å². The number of non-ortho nitro benzene ring substituents is 1. The van der Waals surface area contributed by atoms with E-state index in [1.165, 1.54) is 23.5 Å². The summed E-state index contributed by atoms with van der Waals surface area (Å²) in [5.74, 6) is -1.53. The highest BCUT2D eigenvalue weighted by Gasteiger charge is 2.32. The first kappa shape index (κ1) is 28.7. The largest absolute Gasteiger partial charge is 0.371 e. The van der Waals surface area contributed by atoms with Crippen LogP contribution in [-0.4, -0.2) is 45.8 Å². The van der Waals surface area contributed by atoms with Gasteiger partial charge in [-0.05, 0) is 38.0 Å². The molecule has 13 heteroatoms. The third kappa shape index (κ3) is 6.41. The first-order chi connectivity index (χ1) is 20.3. The van der Waals surface area contributed by atoms with Gasteiger partial charge in [-0.25, -0.2) is 9.78 Å². The van der Waals surface area contributed by atoms with Gasteiger partial charge in [0, 0.05) is 60.9 Å². The second-order valence-corrected chi connectivity index (χ2v) is 10.7. The summed E-state index contributed by atoms with van der Waals surface area (Å²) in [4.78, 5) is 57.5. The van der Waals surface area contributed by atoms with Crippen molar-refractivity contribution in [3.63, 3.8) is 0 Å². The molecule has 1 fully saturated rings. The van der Waals surface area contributed by atoms with Crippen LogP contribution >= 0.6 is 11.3 Å². The molecule has 12 nitrogen and oxygen atoms in total. The van der Waals surface area contributed by atoms with Gasteiger partial charge in [-0.2, -0.15) is 0 Å². The van der Waals surface area contributed by atoms with E-state index in [0.29, 0.717) is 32.5 Å². The maximum absolute atomic E-state index is 12.0. The van der Waals surface area contributed by atoms with Crippen LogP contribution in [-0.2, 0) is 19.2 Å². The topological polar surface area (TPSA) is 148 Å². The number of anilines is 1. The average molecular weight is 589 g/mol. The smallest absolute Gasteiger partial charge is 0.333 e. The first-order valence-corrected chi connectivity index (χ1v) is 14.5. The standard InChI is InChI=1S/C29H28N6O6S/c1-2-33(17-7-3-4-10-28(38)41-34-26(36)15-16-27(34)37)24-14-13-22(20-8-5-6-9-21(20)24)31-32-29-30-23-12-11-19(35(39)40)18-25(23)42-29/h5-6,8-9,11-14,18H,2-4,7,10,15-17H2,1H3. The third-order valence-corrected chi connectivity index (χ3v) is 7.83. The van der Waals surface area contributed by atoms with Crippen molar-refractivity contribution in [3.8, 4) is 0 Å². The SMILES string of the molecule is CCN(CCCCCC(=O)ON1C(=O)CCC1=O)c1ccc(N=Nc2nc3ccc([N+](=O)[O-])cc3s2)c2ccccc12. The summed E-state index contributed by atoms with van der Waals surface area (Å²) >= 11 is 1.24. The zero-order valence-electron chi connectivity index (χ0n) is 22.9. The highest BCUT2D eigenvalue weighted by Crippen LogP contribution is 2.36. The predicted octanol–water partition coefficient (Wildman–Crippen LogP) is 6.77. The van der Waals surface area contributed by atoms with Crippen molar-refractivity contribution in [3.05, 3.63) is 64.7 Å². The number of imide groups is 1. The number of hydrogen-bond donors (Lipinski definition) is 0. The van der Waals surface area contributed by atoms with Crippen LogP contribution in [0.2, 0.25) is 0 Å². The molecule has 0 atom stereocenters. The number of nitrogens with zero attached hydrogens (tertiary/aromatic N) is 6. The Kier molecular flexibility index (Phi) is 8.77. The summed E-state index contributed by atoms with van der Waals surface area (Å²) in [5.41, 5.74) is 2.38. The summed E-state index contributed by atoms with van der Waals surface area (Å²) in [5, 5.41) is 22.8. The Morgan fingerprint density at radius 2 is 1.81 bits per heavy atom. The number of hydroxylamine groups is 2. The molecular formula is C29H28N6O6S.